The lowest BCUT2D eigenvalue weighted by atomic mass is 9.99. The maximum absolute atomic E-state index is 12.1. The summed E-state index contributed by atoms with van der Waals surface area (Å²) < 4.78 is 0. The monoisotopic (exact) mass is 248 g/mol. The Labute approximate surface area is 110 Å². The zero-order valence-corrected chi connectivity index (χ0v) is 11.8. The van der Waals surface area contributed by atoms with E-state index in [1.807, 2.05) is 38.1 Å². The first-order valence-electron chi connectivity index (χ1n) is 6.48. The third-order valence-corrected chi connectivity index (χ3v) is 3.06. The van der Waals surface area contributed by atoms with E-state index in [2.05, 4.69) is 19.2 Å². The minimum Gasteiger partial charge on any atom is -0.347 e. The summed E-state index contributed by atoms with van der Waals surface area (Å²) in [6.07, 6.45) is 0.767. The Morgan fingerprint density at radius 3 is 2.28 bits per heavy atom. The topological polar surface area (TPSA) is 55.1 Å². The van der Waals surface area contributed by atoms with E-state index < -0.39 is 0 Å². The second-order valence-corrected chi connectivity index (χ2v) is 5.65. The van der Waals surface area contributed by atoms with Crippen LogP contribution in [0.1, 0.15) is 56.0 Å². The van der Waals surface area contributed by atoms with Crippen molar-refractivity contribution in [2.45, 2.75) is 45.6 Å². The Morgan fingerprint density at radius 2 is 1.83 bits per heavy atom. The molecule has 0 saturated carbocycles. The van der Waals surface area contributed by atoms with Crippen molar-refractivity contribution in [2.75, 3.05) is 6.54 Å². The molecule has 0 aliphatic carbocycles. The summed E-state index contributed by atoms with van der Waals surface area (Å²) in [4.78, 5) is 12.1. The van der Waals surface area contributed by atoms with Crippen LogP contribution in [0.4, 0.5) is 0 Å². The van der Waals surface area contributed by atoms with Gasteiger partial charge in [-0.3, -0.25) is 4.79 Å². The molecule has 0 aromatic heterocycles. The minimum atomic E-state index is -0.261. The Balaban J connectivity index is 2.73. The van der Waals surface area contributed by atoms with Gasteiger partial charge in [-0.15, -0.1) is 0 Å². The number of benzene rings is 1. The second-order valence-electron chi connectivity index (χ2n) is 5.65. The van der Waals surface area contributed by atoms with Crippen molar-refractivity contribution in [3.8, 4) is 0 Å². The van der Waals surface area contributed by atoms with Gasteiger partial charge < -0.3 is 11.1 Å². The third-order valence-electron chi connectivity index (χ3n) is 3.06. The Hall–Kier alpha value is -1.35. The smallest absolute Gasteiger partial charge is 0.251 e. The molecule has 3 N–H and O–H groups in total. The molecule has 18 heavy (non-hydrogen) atoms. The zero-order valence-electron chi connectivity index (χ0n) is 11.8. The van der Waals surface area contributed by atoms with Crippen LogP contribution >= 0.6 is 0 Å². The summed E-state index contributed by atoms with van der Waals surface area (Å²) >= 11 is 0. The molecule has 0 radical (unpaired) electrons. The van der Waals surface area contributed by atoms with Gasteiger partial charge in [0.05, 0.1) is 0 Å². The van der Waals surface area contributed by atoms with Crippen molar-refractivity contribution in [2.24, 2.45) is 5.73 Å². The molecule has 0 fully saturated rings. The standard InChI is InChI=1S/C15H24N2O/c1-11(2)12-5-7-13(8-6-12)14(18)17-15(3,4)9-10-16/h5-8,11H,9-10,16H2,1-4H3,(H,17,18). The van der Waals surface area contributed by atoms with E-state index in [0.29, 0.717) is 18.0 Å². The molecule has 0 aliphatic heterocycles. The van der Waals surface area contributed by atoms with Crippen molar-refractivity contribution in [1.82, 2.24) is 5.32 Å². The number of carbonyl (C=O) groups is 1. The van der Waals surface area contributed by atoms with Gasteiger partial charge in [0.25, 0.3) is 5.91 Å². The molecular weight excluding hydrogens is 224 g/mol. The Morgan fingerprint density at radius 1 is 1.28 bits per heavy atom. The molecule has 1 aromatic rings. The van der Waals surface area contributed by atoms with Gasteiger partial charge >= 0.3 is 0 Å². The number of rotatable bonds is 5. The van der Waals surface area contributed by atoms with Gasteiger partial charge in [-0.25, -0.2) is 0 Å². The molecule has 1 aromatic carbocycles. The van der Waals surface area contributed by atoms with Crippen LogP contribution in [0.3, 0.4) is 0 Å². The number of hydrogen-bond acceptors (Lipinski definition) is 2. The van der Waals surface area contributed by atoms with E-state index in [0.717, 1.165) is 6.42 Å². The largest absolute Gasteiger partial charge is 0.347 e. The molecule has 1 amide bonds. The van der Waals surface area contributed by atoms with Crippen LogP contribution in [0, 0.1) is 0 Å². The normalized spacial score (nSPS) is 11.7. The molecule has 0 spiro atoms. The highest BCUT2D eigenvalue weighted by Crippen LogP contribution is 2.15. The maximum Gasteiger partial charge on any atom is 0.251 e. The fraction of sp³-hybridized carbons (Fsp3) is 0.533. The van der Waals surface area contributed by atoms with Crippen molar-refractivity contribution < 1.29 is 4.79 Å². The van der Waals surface area contributed by atoms with Crippen molar-refractivity contribution in [3.63, 3.8) is 0 Å². The van der Waals surface area contributed by atoms with Gasteiger partial charge in [0.15, 0.2) is 0 Å². The fourth-order valence-corrected chi connectivity index (χ4v) is 1.82. The summed E-state index contributed by atoms with van der Waals surface area (Å²) in [7, 11) is 0. The van der Waals surface area contributed by atoms with Crippen LogP contribution in [0.5, 0.6) is 0 Å². The van der Waals surface area contributed by atoms with Gasteiger partial charge in [-0.2, -0.15) is 0 Å². The molecule has 3 heteroatoms. The molecular formula is C15H24N2O. The lowest BCUT2D eigenvalue weighted by Gasteiger charge is -2.25. The first kappa shape index (κ1) is 14.7. The summed E-state index contributed by atoms with van der Waals surface area (Å²) in [5.41, 5.74) is 7.21. The number of amides is 1. The quantitative estimate of drug-likeness (QED) is 0.841. The van der Waals surface area contributed by atoms with Gasteiger partial charge in [-0.1, -0.05) is 26.0 Å². The number of nitrogens with two attached hydrogens (primary N) is 1. The molecule has 0 aliphatic rings. The van der Waals surface area contributed by atoms with Crippen LogP contribution < -0.4 is 11.1 Å². The van der Waals surface area contributed by atoms with E-state index in [9.17, 15) is 4.79 Å². The Kier molecular flexibility index (Phi) is 4.91. The van der Waals surface area contributed by atoms with Gasteiger partial charge in [-0.05, 0) is 50.4 Å². The summed E-state index contributed by atoms with van der Waals surface area (Å²) in [6.45, 7) is 8.82. The van der Waals surface area contributed by atoms with E-state index in [1.54, 1.807) is 0 Å². The van der Waals surface area contributed by atoms with Crippen LogP contribution in [-0.4, -0.2) is 18.0 Å². The summed E-state index contributed by atoms with van der Waals surface area (Å²) in [5.74, 6) is 0.444. The van der Waals surface area contributed by atoms with E-state index in [4.69, 9.17) is 5.73 Å². The van der Waals surface area contributed by atoms with E-state index in [1.165, 1.54) is 5.56 Å². The Bertz CT molecular complexity index is 393. The number of nitrogens with one attached hydrogen (secondary N) is 1. The van der Waals surface area contributed by atoms with Gasteiger partial charge in [0.2, 0.25) is 0 Å². The molecule has 0 unspecified atom stereocenters. The van der Waals surface area contributed by atoms with Crippen LogP contribution in [0.25, 0.3) is 0 Å². The zero-order chi connectivity index (χ0) is 13.8. The first-order chi connectivity index (χ1) is 8.35. The van der Waals surface area contributed by atoms with Gasteiger partial charge in [0, 0.05) is 11.1 Å². The highest BCUT2D eigenvalue weighted by Gasteiger charge is 2.20. The number of hydrogen-bond donors (Lipinski definition) is 2. The fourth-order valence-electron chi connectivity index (χ4n) is 1.82. The van der Waals surface area contributed by atoms with Crippen LogP contribution in [-0.2, 0) is 0 Å². The van der Waals surface area contributed by atoms with E-state index in [-0.39, 0.29) is 11.4 Å². The molecule has 0 bridgehead atoms. The van der Waals surface area contributed by atoms with Crippen molar-refractivity contribution in [1.29, 1.82) is 0 Å². The lowest BCUT2D eigenvalue weighted by molar-refractivity contribution is 0.0910. The molecule has 0 saturated heterocycles. The molecule has 0 heterocycles. The summed E-state index contributed by atoms with van der Waals surface area (Å²) in [6, 6.07) is 7.78. The molecule has 100 valence electrons. The predicted molar refractivity (Wildman–Crippen MR) is 75.7 cm³/mol. The SMILES string of the molecule is CC(C)c1ccc(C(=O)NC(C)(C)CCN)cc1. The first-order valence-corrected chi connectivity index (χ1v) is 6.48. The average Bonchev–Trinajstić information content (AvgIpc) is 2.28. The molecule has 0 atom stereocenters. The minimum absolute atomic E-state index is 0.0382. The van der Waals surface area contributed by atoms with Crippen LogP contribution in [0.15, 0.2) is 24.3 Å². The average molecular weight is 248 g/mol. The molecule has 3 nitrogen and oxygen atoms in total. The summed E-state index contributed by atoms with van der Waals surface area (Å²) in [5, 5.41) is 3.00. The maximum atomic E-state index is 12.1. The van der Waals surface area contributed by atoms with E-state index >= 15 is 0 Å². The van der Waals surface area contributed by atoms with Crippen LogP contribution in [0.2, 0.25) is 0 Å². The third kappa shape index (κ3) is 4.15. The highest BCUT2D eigenvalue weighted by molar-refractivity contribution is 5.94. The number of carbonyl (C=O) groups excluding carboxylic acids is 1. The second kappa shape index (κ2) is 6.01. The van der Waals surface area contributed by atoms with Gasteiger partial charge in [0.1, 0.15) is 0 Å². The lowest BCUT2D eigenvalue weighted by Crippen LogP contribution is -2.44. The highest BCUT2D eigenvalue weighted by atomic mass is 16.1. The van der Waals surface area contributed by atoms with Crippen molar-refractivity contribution >= 4 is 5.91 Å². The molecule has 1 rings (SSSR count). The predicted octanol–water partition coefficient (Wildman–Crippen LogP) is 2.67. The van der Waals surface area contributed by atoms with Crippen molar-refractivity contribution in [3.05, 3.63) is 35.4 Å².